The van der Waals surface area contributed by atoms with Crippen molar-refractivity contribution in [3.63, 3.8) is 0 Å². The second kappa shape index (κ2) is 3.50. The van der Waals surface area contributed by atoms with E-state index < -0.39 is 0 Å². The van der Waals surface area contributed by atoms with Gasteiger partial charge in [0.1, 0.15) is 6.07 Å². The van der Waals surface area contributed by atoms with Crippen molar-refractivity contribution in [2.24, 2.45) is 0 Å². The van der Waals surface area contributed by atoms with Crippen LogP contribution >= 0.6 is 0 Å². The van der Waals surface area contributed by atoms with Gasteiger partial charge in [-0.05, 0) is 18.1 Å². The third-order valence-electron chi connectivity index (χ3n) is 1.65. The quantitative estimate of drug-likeness (QED) is 0.617. The van der Waals surface area contributed by atoms with E-state index >= 15 is 0 Å². The highest BCUT2D eigenvalue weighted by Crippen LogP contribution is 2.11. The summed E-state index contributed by atoms with van der Waals surface area (Å²) in [6.07, 6.45) is 3.42. The standard InChI is InChI=1S/C9H7N3/c1-7-5-12-6-8(4-11)9(7)2-3-10/h5-6H,2H2,1H3. The fourth-order valence-corrected chi connectivity index (χ4v) is 1.00. The van der Waals surface area contributed by atoms with Crippen molar-refractivity contribution >= 4 is 0 Å². The molecule has 3 nitrogen and oxygen atoms in total. The smallest absolute Gasteiger partial charge is 0.101 e. The number of nitriles is 2. The van der Waals surface area contributed by atoms with Crippen LogP contribution in [0, 0.1) is 29.6 Å². The van der Waals surface area contributed by atoms with Crippen molar-refractivity contribution in [1.82, 2.24) is 4.98 Å². The van der Waals surface area contributed by atoms with Gasteiger partial charge >= 0.3 is 0 Å². The summed E-state index contributed by atoms with van der Waals surface area (Å²) < 4.78 is 0. The first-order valence-corrected chi connectivity index (χ1v) is 3.50. The topological polar surface area (TPSA) is 60.5 Å². The molecular formula is C9H7N3. The first-order chi connectivity index (χ1) is 5.79. The first-order valence-electron chi connectivity index (χ1n) is 3.50. The molecule has 58 valence electrons. The highest BCUT2D eigenvalue weighted by Gasteiger charge is 2.03. The molecule has 0 aromatic carbocycles. The lowest BCUT2D eigenvalue weighted by atomic mass is 10.0. The molecule has 0 bridgehead atoms. The molecule has 12 heavy (non-hydrogen) atoms. The average Bonchev–Trinajstić information content (AvgIpc) is 2.09. The van der Waals surface area contributed by atoms with Crippen LogP contribution in [-0.4, -0.2) is 4.98 Å². The molecule has 0 saturated carbocycles. The van der Waals surface area contributed by atoms with E-state index in [1.807, 2.05) is 19.1 Å². The number of nitrogens with zero attached hydrogens (tertiary/aromatic N) is 3. The van der Waals surface area contributed by atoms with Gasteiger partial charge in [-0.15, -0.1) is 0 Å². The number of rotatable bonds is 1. The van der Waals surface area contributed by atoms with Gasteiger partial charge in [0, 0.05) is 12.4 Å². The summed E-state index contributed by atoms with van der Waals surface area (Å²) in [5.41, 5.74) is 2.18. The summed E-state index contributed by atoms with van der Waals surface area (Å²) in [5, 5.41) is 17.2. The predicted molar refractivity (Wildman–Crippen MR) is 43.0 cm³/mol. The van der Waals surface area contributed by atoms with Crippen molar-refractivity contribution < 1.29 is 0 Å². The molecule has 0 aliphatic carbocycles. The van der Waals surface area contributed by atoms with Gasteiger partial charge in [-0.3, -0.25) is 4.98 Å². The Morgan fingerprint density at radius 3 is 2.75 bits per heavy atom. The molecule has 0 unspecified atom stereocenters. The second-order valence-corrected chi connectivity index (χ2v) is 2.43. The Hall–Kier alpha value is -1.87. The summed E-state index contributed by atoms with van der Waals surface area (Å²) >= 11 is 0. The molecule has 1 aromatic heterocycles. The maximum Gasteiger partial charge on any atom is 0.101 e. The lowest BCUT2D eigenvalue weighted by molar-refractivity contribution is 1.14. The molecule has 3 heteroatoms. The van der Waals surface area contributed by atoms with Crippen molar-refractivity contribution in [1.29, 1.82) is 10.5 Å². The van der Waals surface area contributed by atoms with Gasteiger partial charge in [0.25, 0.3) is 0 Å². The minimum Gasteiger partial charge on any atom is -0.263 e. The molecule has 0 N–H and O–H groups in total. The lowest BCUT2D eigenvalue weighted by Crippen LogP contribution is -1.93. The van der Waals surface area contributed by atoms with Crippen LogP contribution < -0.4 is 0 Å². The fraction of sp³-hybridized carbons (Fsp3) is 0.222. The van der Waals surface area contributed by atoms with E-state index in [4.69, 9.17) is 10.5 Å². The van der Waals surface area contributed by atoms with Crippen molar-refractivity contribution in [2.75, 3.05) is 0 Å². The molecule has 0 spiro atoms. The Labute approximate surface area is 70.9 Å². The van der Waals surface area contributed by atoms with Gasteiger partial charge in [0.15, 0.2) is 0 Å². The van der Waals surface area contributed by atoms with Crippen LogP contribution in [0.1, 0.15) is 16.7 Å². The average molecular weight is 157 g/mol. The molecule has 0 amide bonds. The van der Waals surface area contributed by atoms with Gasteiger partial charge in [0.05, 0.1) is 18.1 Å². The molecule has 0 aliphatic rings. The van der Waals surface area contributed by atoms with E-state index in [0.717, 1.165) is 11.1 Å². The first kappa shape index (κ1) is 8.23. The van der Waals surface area contributed by atoms with Gasteiger partial charge in [-0.25, -0.2) is 0 Å². The Morgan fingerprint density at radius 1 is 1.42 bits per heavy atom. The highest BCUT2D eigenvalue weighted by molar-refractivity contribution is 5.40. The van der Waals surface area contributed by atoms with Crippen LogP contribution in [0.5, 0.6) is 0 Å². The minimum absolute atomic E-state index is 0.275. The molecule has 1 rings (SSSR count). The fourth-order valence-electron chi connectivity index (χ4n) is 1.00. The van der Waals surface area contributed by atoms with E-state index in [1.54, 1.807) is 6.20 Å². The van der Waals surface area contributed by atoms with Crippen molar-refractivity contribution in [3.05, 3.63) is 29.1 Å². The third-order valence-corrected chi connectivity index (χ3v) is 1.65. The van der Waals surface area contributed by atoms with Gasteiger partial charge < -0.3 is 0 Å². The monoisotopic (exact) mass is 157 g/mol. The van der Waals surface area contributed by atoms with Crippen LogP contribution in [0.15, 0.2) is 12.4 Å². The molecule has 1 heterocycles. The zero-order chi connectivity index (χ0) is 8.97. The molecule has 1 aromatic rings. The molecule has 0 radical (unpaired) electrons. The Kier molecular flexibility index (Phi) is 2.40. The molecule has 0 aliphatic heterocycles. The zero-order valence-electron chi connectivity index (χ0n) is 6.70. The maximum atomic E-state index is 8.67. The number of aromatic nitrogens is 1. The number of hydrogen-bond donors (Lipinski definition) is 0. The number of hydrogen-bond acceptors (Lipinski definition) is 3. The van der Waals surface area contributed by atoms with E-state index in [2.05, 4.69) is 4.98 Å². The van der Waals surface area contributed by atoms with Crippen LogP contribution in [-0.2, 0) is 6.42 Å². The SMILES string of the molecule is Cc1cncc(C#N)c1CC#N. The van der Waals surface area contributed by atoms with E-state index in [9.17, 15) is 0 Å². The van der Waals surface area contributed by atoms with Crippen molar-refractivity contribution in [2.45, 2.75) is 13.3 Å². The largest absolute Gasteiger partial charge is 0.263 e. The Morgan fingerprint density at radius 2 is 2.17 bits per heavy atom. The summed E-state index contributed by atoms with van der Waals surface area (Å²) in [6.45, 7) is 1.85. The maximum absolute atomic E-state index is 8.67. The minimum atomic E-state index is 0.275. The molecule has 0 fully saturated rings. The normalized spacial score (nSPS) is 8.58. The van der Waals surface area contributed by atoms with Crippen LogP contribution in [0.2, 0.25) is 0 Å². The van der Waals surface area contributed by atoms with E-state index in [-0.39, 0.29) is 6.42 Å². The zero-order valence-corrected chi connectivity index (χ0v) is 6.70. The molecule has 0 atom stereocenters. The summed E-state index contributed by atoms with van der Waals surface area (Å²) in [4.78, 5) is 3.87. The predicted octanol–water partition coefficient (Wildman–Crippen LogP) is 1.33. The summed E-state index contributed by atoms with van der Waals surface area (Å²) in [7, 11) is 0. The lowest BCUT2D eigenvalue weighted by Gasteiger charge is -2.00. The number of aryl methyl sites for hydroxylation is 1. The number of pyridine rings is 1. The second-order valence-electron chi connectivity index (χ2n) is 2.43. The van der Waals surface area contributed by atoms with Crippen molar-refractivity contribution in [3.8, 4) is 12.1 Å². The Bertz CT molecular complexity index is 368. The van der Waals surface area contributed by atoms with Crippen LogP contribution in [0.3, 0.4) is 0 Å². The van der Waals surface area contributed by atoms with E-state index in [1.165, 1.54) is 6.20 Å². The van der Waals surface area contributed by atoms with E-state index in [0.29, 0.717) is 5.56 Å². The van der Waals surface area contributed by atoms with Crippen LogP contribution in [0.4, 0.5) is 0 Å². The highest BCUT2D eigenvalue weighted by atomic mass is 14.6. The van der Waals surface area contributed by atoms with Gasteiger partial charge in [0.2, 0.25) is 0 Å². The van der Waals surface area contributed by atoms with Gasteiger partial charge in [-0.2, -0.15) is 10.5 Å². The van der Waals surface area contributed by atoms with Gasteiger partial charge in [-0.1, -0.05) is 0 Å². The summed E-state index contributed by atoms with van der Waals surface area (Å²) in [5.74, 6) is 0. The summed E-state index contributed by atoms with van der Waals surface area (Å²) in [6, 6.07) is 4.03. The van der Waals surface area contributed by atoms with Crippen LogP contribution in [0.25, 0.3) is 0 Å². The Balaban J connectivity index is 3.24. The third kappa shape index (κ3) is 1.41. The molecule has 0 saturated heterocycles. The molecular weight excluding hydrogens is 150 g/mol.